The van der Waals surface area contributed by atoms with E-state index in [9.17, 15) is 4.79 Å². The van der Waals surface area contributed by atoms with Gasteiger partial charge in [-0.1, -0.05) is 34.1 Å². The van der Waals surface area contributed by atoms with E-state index in [1.54, 1.807) is 4.90 Å². The second-order valence-corrected chi connectivity index (χ2v) is 6.14. The molecule has 0 aromatic heterocycles. The maximum absolute atomic E-state index is 12.7. The van der Waals surface area contributed by atoms with Crippen molar-refractivity contribution in [2.75, 3.05) is 4.90 Å². The molecule has 1 aliphatic rings. The van der Waals surface area contributed by atoms with Gasteiger partial charge in [0, 0.05) is 16.1 Å². The Morgan fingerprint density at radius 2 is 1.71 bits per heavy atom. The molecule has 0 atom stereocenters. The number of halogens is 1. The number of fused-ring (bicyclic) bond motifs is 1. The highest BCUT2D eigenvalue weighted by Gasteiger charge is 2.35. The third-order valence-corrected chi connectivity index (χ3v) is 3.95. The van der Waals surface area contributed by atoms with Crippen molar-refractivity contribution >= 4 is 38.9 Å². The summed E-state index contributed by atoms with van der Waals surface area (Å²) >= 11 is 3.40. The zero-order valence-corrected chi connectivity index (χ0v) is 13.5. The van der Waals surface area contributed by atoms with Crippen molar-refractivity contribution in [1.82, 2.24) is 0 Å². The standard InChI is InChI=1S/C17H15BrN2O/c1-11(2)20-15-6-4-3-5-14(15)16(17(20)21)19-13-9-7-12(18)8-10-13/h3-11H,1-2H3. The predicted octanol–water partition coefficient (Wildman–Crippen LogP) is 4.32. The number of hydrogen-bond acceptors (Lipinski definition) is 2. The van der Waals surface area contributed by atoms with E-state index in [2.05, 4.69) is 20.9 Å². The minimum Gasteiger partial charge on any atom is -0.304 e. The maximum atomic E-state index is 12.7. The van der Waals surface area contributed by atoms with E-state index in [0.29, 0.717) is 5.71 Å². The molecule has 0 saturated carbocycles. The smallest absolute Gasteiger partial charge is 0.277 e. The van der Waals surface area contributed by atoms with E-state index < -0.39 is 0 Å². The Hall–Kier alpha value is -1.94. The summed E-state index contributed by atoms with van der Waals surface area (Å²) in [4.78, 5) is 19.0. The average Bonchev–Trinajstić information content (AvgIpc) is 2.74. The van der Waals surface area contributed by atoms with Gasteiger partial charge in [-0.3, -0.25) is 4.79 Å². The Morgan fingerprint density at radius 3 is 2.38 bits per heavy atom. The van der Waals surface area contributed by atoms with E-state index in [1.165, 1.54) is 0 Å². The van der Waals surface area contributed by atoms with E-state index in [-0.39, 0.29) is 11.9 Å². The first-order valence-corrected chi connectivity index (χ1v) is 7.64. The zero-order chi connectivity index (χ0) is 15.0. The molecule has 3 rings (SSSR count). The lowest BCUT2D eigenvalue weighted by Crippen LogP contribution is -2.35. The summed E-state index contributed by atoms with van der Waals surface area (Å²) in [6.07, 6.45) is 0. The van der Waals surface area contributed by atoms with Crippen molar-refractivity contribution in [2.45, 2.75) is 19.9 Å². The summed E-state index contributed by atoms with van der Waals surface area (Å²) < 4.78 is 0.994. The van der Waals surface area contributed by atoms with Crippen LogP contribution in [0, 0.1) is 0 Å². The van der Waals surface area contributed by atoms with Crippen LogP contribution in [0.3, 0.4) is 0 Å². The molecule has 0 saturated heterocycles. The Bertz CT molecular complexity index is 720. The van der Waals surface area contributed by atoms with Gasteiger partial charge in [0.05, 0.1) is 11.4 Å². The second-order valence-electron chi connectivity index (χ2n) is 5.22. The lowest BCUT2D eigenvalue weighted by Gasteiger charge is -2.20. The van der Waals surface area contributed by atoms with Gasteiger partial charge in [-0.25, -0.2) is 4.99 Å². The fourth-order valence-corrected chi connectivity index (χ4v) is 2.75. The molecule has 2 aromatic carbocycles. The maximum Gasteiger partial charge on any atom is 0.277 e. The van der Waals surface area contributed by atoms with Crippen LogP contribution in [0.25, 0.3) is 0 Å². The molecular weight excluding hydrogens is 328 g/mol. The number of rotatable bonds is 2. The van der Waals surface area contributed by atoms with Crippen molar-refractivity contribution in [2.24, 2.45) is 4.99 Å². The van der Waals surface area contributed by atoms with Crippen molar-refractivity contribution in [3.63, 3.8) is 0 Å². The summed E-state index contributed by atoms with van der Waals surface area (Å²) in [5.74, 6) is -0.0332. The third kappa shape index (κ3) is 2.51. The lowest BCUT2D eigenvalue weighted by atomic mass is 10.1. The molecule has 4 heteroatoms. The lowest BCUT2D eigenvalue weighted by molar-refractivity contribution is -0.112. The number of nitrogens with zero attached hydrogens (tertiary/aromatic N) is 2. The second kappa shape index (κ2) is 5.45. The molecule has 106 valence electrons. The molecule has 0 spiro atoms. The highest BCUT2D eigenvalue weighted by atomic mass is 79.9. The topological polar surface area (TPSA) is 32.7 Å². The molecule has 0 N–H and O–H groups in total. The first kappa shape index (κ1) is 14.0. The average molecular weight is 343 g/mol. The minimum absolute atomic E-state index is 0.0332. The van der Waals surface area contributed by atoms with Gasteiger partial charge in [-0.15, -0.1) is 0 Å². The Kier molecular flexibility index (Phi) is 3.64. The van der Waals surface area contributed by atoms with Crippen molar-refractivity contribution in [3.05, 3.63) is 58.6 Å². The fourth-order valence-electron chi connectivity index (χ4n) is 2.49. The third-order valence-electron chi connectivity index (χ3n) is 3.42. The zero-order valence-electron chi connectivity index (χ0n) is 11.9. The number of hydrogen-bond donors (Lipinski definition) is 0. The molecule has 0 radical (unpaired) electrons. The van der Waals surface area contributed by atoms with Gasteiger partial charge in [0.25, 0.3) is 5.91 Å². The Labute approximate surface area is 132 Å². The first-order valence-electron chi connectivity index (χ1n) is 6.85. The van der Waals surface area contributed by atoms with E-state index in [4.69, 9.17) is 0 Å². The van der Waals surface area contributed by atoms with Crippen molar-refractivity contribution in [1.29, 1.82) is 0 Å². The number of benzene rings is 2. The van der Waals surface area contributed by atoms with Crippen LogP contribution in [0.2, 0.25) is 0 Å². The van der Waals surface area contributed by atoms with Crippen LogP contribution in [0.15, 0.2) is 58.0 Å². The molecule has 2 aromatic rings. The van der Waals surface area contributed by atoms with Crippen molar-refractivity contribution in [3.8, 4) is 0 Å². The Morgan fingerprint density at radius 1 is 1.05 bits per heavy atom. The monoisotopic (exact) mass is 342 g/mol. The summed E-state index contributed by atoms with van der Waals surface area (Å²) in [6, 6.07) is 15.5. The molecule has 1 amide bonds. The van der Waals surface area contributed by atoms with Gasteiger partial charge in [-0.2, -0.15) is 0 Å². The SMILES string of the molecule is CC(C)N1C(=O)C(=Nc2ccc(Br)cc2)c2ccccc21. The normalized spacial score (nSPS) is 15.9. The molecular formula is C17H15BrN2O. The summed E-state index contributed by atoms with van der Waals surface area (Å²) in [7, 11) is 0. The van der Waals surface area contributed by atoms with Gasteiger partial charge >= 0.3 is 0 Å². The largest absolute Gasteiger partial charge is 0.304 e. The number of aliphatic imine (C=N–C) groups is 1. The van der Waals surface area contributed by atoms with Gasteiger partial charge in [0.1, 0.15) is 5.71 Å². The highest BCUT2D eigenvalue weighted by molar-refractivity contribution is 9.10. The number of para-hydroxylation sites is 1. The molecule has 1 heterocycles. The van der Waals surface area contributed by atoms with Crippen LogP contribution < -0.4 is 4.90 Å². The number of anilines is 1. The van der Waals surface area contributed by atoms with Gasteiger partial charge < -0.3 is 4.90 Å². The first-order chi connectivity index (χ1) is 10.1. The predicted molar refractivity (Wildman–Crippen MR) is 89.4 cm³/mol. The highest BCUT2D eigenvalue weighted by Crippen LogP contribution is 2.32. The van der Waals surface area contributed by atoms with E-state index >= 15 is 0 Å². The molecule has 3 nitrogen and oxygen atoms in total. The quantitative estimate of drug-likeness (QED) is 0.799. The van der Waals surface area contributed by atoms with Crippen molar-refractivity contribution < 1.29 is 4.79 Å². The fraction of sp³-hybridized carbons (Fsp3) is 0.176. The number of carbonyl (C=O) groups is 1. The number of amides is 1. The van der Waals surface area contributed by atoms with Crippen LogP contribution in [0.1, 0.15) is 19.4 Å². The summed E-state index contributed by atoms with van der Waals surface area (Å²) in [5, 5.41) is 0. The van der Waals surface area contributed by atoms with Crippen LogP contribution in [0.4, 0.5) is 11.4 Å². The van der Waals surface area contributed by atoms with E-state index in [0.717, 1.165) is 21.4 Å². The minimum atomic E-state index is -0.0332. The summed E-state index contributed by atoms with van der Waals surface area (Å²) in [6.45, 7) is 4.02. The van der Waals surface area contributed by atoms with Crippen LogP contribution in [-0.4, -0.2) is 17.7 Å². The van der Waals surface area contributed by atoms with E-state index in [1.807, 2.05) is 62.4 Å². The molecule has 21 heavy (non-hydrogen) atoms. The molecule has 0 unspecified atom stereocenters. The van der Waals surface area contributed by atoms with Gasteiger partial charge in [0.15, 0.2) is 0 Å². The van der Waals surface area contributed by atoms with Crippen LogP contribution in [-0.2, 0) is 4.79 Å². The molecule has 0 aliphatic carbocycles. The Balaban J connectivity index is 2.11. The molecule has 0 fully saturated rings. The van der Waals surface area contributed by atoms with Crippen LogP contribution >= 0.6 is 15.9 Å². The summed E-state index contributed by atoms with van der Waals surface area (Å²) in [5.41, 5.74) is 3.14. The van der Waals surface area contributed by atoms with Crippen LogP contribution in [0.5, 0.6) is 0 Å². The molecule has 1 aliphatic heterocycles. The number of carbonyl (C=O) groups excluding carboxylic acids is 1. The molecule has 0 bridgehead atoms. The van der Waals surface area contributed by atoms with Gasteiger partial charge in [0.2, 0.25) is 0 Å². The van der Waals surface area contributed by atoms with Gasteiger partial charge in [-0.05, 0) is 44.2 Å².